The third-order valence-electron chi connectivity index (χ3n) is 12.1. The molecule has 0 aliphatic heterocycles. The maximum atomic E-state index is 6.84. The standard InChI is InChI=1S/C47H56N4O2/c1-12-15-34-22-35(51-47(28(4)5)45(46(49-51)27(2)3)44-32(9)30(7)29(6)31(8)33(44)10)24-38(23-34)53-37-18-19-40-39-16-13-14-17-41(39)50(42(40)25-37)43-26-36(52-11)20-21-48-43/h13-14,16-30,32,44H,12,15H2,1-11H3/t29?,30-,32-,44-/m0/s1. The highest BCUT2D eigenvalue weighted by Crippen LogP contribution is 2.50. The second-order valence-electron chi connectivity index (χ2n) is 16.0. The van der Waals surface area contributed by atoms with Crippen molar-refractivity contribution < 1.29 is 9.47 Å². The van der Waals surface area contributed by atoms with E-state index in [2.05, 4.69) is 139 Å². The Morgan fingerprint density at radius 3 is 2.23 bits per heavy atom. The highest BCUT2D eigenvalue weighted by molar-refractivity contribution is 6.09. The van der Waals surface area contributed by atoms with Crippen molar-refractivity contribution in [2.24, 2.45) is 17.8 Å². The van der Waals surface area contributed by atoms with Crippen LogP contribution in [0.15, 0.2) is 90.1 Å². The number of para-hydroxylation sites is 1. The van der Waals surface area contributed by atoms with E-state index in [0.29, 0.717) is 29.6 Å². The van der Waals surface area contributed by atoms with Crippen LogP contribution in [-0.4, -0.2) is 26.4 Å². The Morgan fingerprint density at radius 2 is 1.51 bits per heavy atom. The molecule has 6 nitrogen and oxygen atoms in total. The lowest BCUT2D eigenvalue weighted by Gasteiger charge is -2.41. The molecule has 0 spiro atoms. The van der Waals surface area contributed by atoms with Gasteiger partial charge in [0.1, 0.15) is 23.1 Å². The Bertz CT molecular complexity index is 2320. The topological polar surface area (TPSA) is 54.1 Å². The highest BCUT2D eigenvalue weighted by atomic mass is 16.5. The fourth-order valence-electron chi connectivity index (χ4n) is 8.89. The molecule has 3 aromatic heterocycles. The van der Waals surface area contributed by atoms with Gasteiger partial charge < -0.3 is 9.47 Å². The molecule has 0 amide bonds. The molecule has 0 fully saturated rings. The second kappa shape index (κ2) is 14.5. The molecule has 4 atom stereocenters. The Hall–Kier alpha value is -4.84. The molecule has 6 heteroatoms. The van der Waals surface area contributed by atoms with E-state index in [9.17, 15) is 0 Å². The Kier molecular flexibility index (Phi) is 10.0. The number of benzene rings is 3. The molecule has 276 valence electrons. The van der Waals surface area contributed by atoms with E-state index < -0.39 is 0 Å². The smallest absolute Gasteiger partial charge is 0.141 e. The van der Waals surface area contributed by atoms with Crippen molar-refractivity contribution >= 4 is 21.8 Å². The fourth-order valence-corrected chi connectivity index (χ4v) is 8.89. The molecule has 0 bridgehead atoms. The SMILES string of the molecule is CCCc1cc(Oc2ccc3c4ccccc4n(-c4cc(OC)ccn4)c3c2)cc(-n2nc(C(C)C)c([C@@H]3C(C)=C(C)C(C)[C@H](C)[C@@H]3C)c2C(C)C)c1. The molecule has 0 saturated carbocycles. The lowest BCUT2D eigenvalue weighted by molar-refractivity contribution is 0.255. The van der Waals surface area contributed by atoms with Crippen LogP contribution in [0.2, 0.25) is 0 Å². The molecule has 3 aromatic carbocycles. The number of fused-ring (bicyclic) bond motifs is 3. The highest BCUT2D eigenvalue weighted by Gasteiger charge is 2.40. The average molecular weight is 709 g/mol. The van der Waals surface area contributed by atoms with Crippen molar-refractivity contribution in [3.63, 3.8) is 0 Å². The zero-order chi connectivity index (χ0) is 37.7. The van der Waals surface area contributed by atoms with Gasteiger partial charge in [-0.2, -0.15) is 5.10 Å². The Morgan fingerprint density at radius 1 is 0.755 bits per heavy atom. The third-order valence-corrected chi connectivity index (χ3v) is 12.1. The maximum absolute atomic E-state index is 6.84. The lowest BCUT2D eigenvalue weighted by Crippen LogP contribution is -2.31. The van der Waals surface area contributed by atoms with Crippen LogP contribution in [-0.2, 0) is 6.42 Å². The maximum Gasteiger partial charge on any atom is 0.141 e. The summed E-state index contributed by atoms with van der Waals surface area (Å²) in [6.45, 7) is 23.5. The molecule has 1 aliphatic carbocycles. The largest absolute Gasteiger partial charge is 0.497 e. The first-order valence-corrected chi connectivity index (χ1v) is 19.6. The molecule has 0 saturated heterocycles. The van der Waals surface area contributed by atoms with Gasteiger partial charge in [0.2, 0.25) is 0 Å². The molecule has 0 N–H and O–H groups in total. The van der Waals surface area contributed by atoms with Crippen LogP contribution in [0.1, 0.15) is 116 Å². The van der Waals surface area contributed by atoms with Crippen molar-refractivity contribution in [2.45, 2.75) is 99.8 Å². The van der Waals surface area contributed by atoms with Gasteiger partial charge in [0.25, 0.3) is 0 Å². The number of rotatable bonds is 10. The van der Waals surface area contributed by atoms with Crippen molar-refractivity contribution in [1.82, 2.24) is 19.3 Å². The quantitative estimate of drug-likeness (QED) is 0.133. The molecule has 3 heterocycles. The van der Waals surface area contributed by atoms with E-state index in [4.69, 9.17) is 19.6 Å². The minimum atomic E-state index is 0.286. The number of pyridine rings is 1. The molecular formula is C47H56N4O2. The zero-order valence-electron chi connectivity index (χ0n) is 33.5. The van der Waals surface area contributed by atoms with Gasteiger partial charge in [-0.3, -0.25) is 4.57 Å². The van der Waals surface area contributed by atoms with Crippen LogP contribution in [0.4, 0.5) is 0 Å². The molecule has 1 unspecified atom stereocenters. The van der Waals surface area contributed by atoms with Gasteiger partial charge in [0.05, 0.1) is 35.2 Å². The molecular weight excluding hydrogens is 653 g/mol. The normalized spacial score (nSPS) is 19.3. The minimum absolute atomic E-state index is 0.286. The summed E-state index contributed by atoms with van der Waals surface area (Å²) in [5.74, 6) is 5.77. The summed E-state index contributed by atoms with van der Waals surface area (Å²) in [6.07, 6.45) is 3.79. The number of hydrogen-bond donors (Lipinski definition) is 0. The van der Waals surface area contributed by atoms with E-state index in [0.717, 1.165) is 58.0 Å². The van der Waals surface area contributed by atoms with E-state index >= 15 is 0 Å². The van der Waals surface area contributed by atoms with Crippen molar-refractivity contribution in [2.75, 3.05) is 7.11 Å². The van der Waals surface area contributed by atoms with Gasteiger partial charge in [-0.05, 0) is 91.8 Å². The van der Waals surface area contributed by atoms with Crippen LogP contribution >= 0.6 is 0 Å². The Balaban J connectivity index is 1.37. The predicted octanol–water partition coefficient (Wildman–Crippen LogP) is 12.7. The summed E-state index contributed by atoms with van der Waals surface area (Å²) in [5.41, 5.74) is 11.4. The summed E-state index contributed by atoms with van der Waals surface area (Å²) in [5, 5.41) is 7.82. The number of nitrogens with zero attached hydrogens (tertiary/aromatic N) is 4. The molecule has 6 aromatic rings. The van der Waals surface area contributed by atoms with Gasteiger partial charge in [0, 0.05) is 46.6 Å². The fraction of sp³-hybridized carbons (Fsp3) is 0.404. The minimum Gasteiger partial charge on any atom is -0.497 e. The lowest BCUT2D eigenvalue weighted by atomic mass is 9.63. The summed E-state index contributed by atoms with van der Waals surface area (Å²) >= 11 is 0. The second-order valence-corrected chi connectivity index (χ2v) is 16.0. The van der Waals surface area contributed by atoms with E-state index in [-0.39, 0.29) is 5.92 Å². The number of ether oxygens (including phenoxy) is 2. The van der Waals surface area contributed by atoms with Gasteiger partial charge in [0.15, 0.2) is 0 Å². The number of allylic oxidation sites excluding steroid dienone is 2. The van der Waals surface area contributed by atoms with Crippen LogP contribution in [0.5, 0.6) is 17.2 Å². The van der Waals surface area contributed by atoms with E-state index in [1.54, 1.807) is 13.3 Å². The van der Waals surface area contributed by atoms with E-state index in [1.807, 2.05) is 12.1 Å². The van der Waals surface area contributed by atoms with E-state index in [1.165, 1.54) is 39.0 Å². The third kappa shape index (κ3) is 6.45. The Labute approximate surface area is 315 Å². The summed E-state index contributed by atoms with van der Waals surface area (Å²) in [7, 11) is 1.69. The van der Waals surface area contributed by atoms with Crippen molar-refractivity contribution in [1.29, 1.82) is 0 Å². The summed E-state index contributed by atoms with van der Waals surface area (Å²) in [4.78, 5) is 4.75. The van der Waals surface area contributed by atoms with Gasteiger partial charge in [-0.1, -0.05) is 91.2 Å². The monoisotopic (exact) mass is 708 g/mol. The number of hydrogen-bond acceptors (Lipinski definition) is 4. The first-order valence-electron chi connectivity index (χ1n) is 19.6. The molecule has 7 rings (SSSR count). The summed E-state index contributed by atoms with van der Waals surface area (Å²) in [6, 6.07) is 25.4. The van der Waals surface area contributed by atoms with Crippen molar-refractivity contribution in [3.05, 3.63) is 113 Å². The number of aromatic nitrogens is 4. The molecule has 1 aliphatic rings. The first-order chi connectivity index (χ1) is 25.4. The van der Waals surface area contributed by atoms with Gasteiger partial charge >= 0.3 is 0 Å². The molecule has 53 heavy (non-hydrogen) atoms. The first kappa shape index (κ1) is 36.5. The average Bonchev–Trinajstić information content (AvgIpc) is 3.70. The van der Waals surface area contributed by atoms with Crippen LogP contribution in [0, 0.1) is 17.8 Å². The van der Waals surface area contributed by atoms with Crippen LogP contribution in [0.25, 0.3) is 33.3 Å². The summed E-state index contributed by atoms with van der Waals surface area (Å²) < 4.78 is 16.9. The van der Waals surface area contributed by atoms with Gasteiger partial charge in [-0.25, -0.2) is 9.67 Å². The number of methoxy groups -OCH3 is 1. The molecule has 0 radical (unpaired) electrons. The van der Waals surface area contributed by atoms with Crippen LogP contribution in [0.3, 0.4) is 0 Å². The van der Waals surface area contributed by atoms with Crippen LogP contribution < -0.4 is 9.47 Å². The zero-order valence-corrected chi connectivity index (χ0v) is 33.5. The van der Waals surface area contributed by atoms with Crippen molar-refractivity contribution in [3.8, 4) is 28.8 Å². The number of aryl methyl sites for hydroxylation is 1. The predicted molar refractivity (Wildman–Crippen MR) is 220 cm³/mol. The van der Waals surface area contributed by atoms with Gasteiger partial charge in [-0.15, -0.1) is 0 Å².